The van der Waals surface area contributed by atoms with E-state index in [4.69, 9.17) is 0 Å². The van der Waals surface area contributed by atoms with Crippen molar-refractivity contribution in [3.05, 3.63) is 0 Å². The summed E-state index contributed by atoms with van der Waals surface area (Å²) in [7, 11) is 1.98. The van der Waals surface area contributed by atoms with Crippen LogP contribution in [0, 0.1) is 39.9 Å². The number of hydrogen-bond donors (Lipinski definition) is 4. The molecule has 0 bridgehead atoms. The molecule has 4 amide bonds. The fraction of sp³-hybridized carbons (Fsp3) is 0.894. The van der Waals surface area contributed by atoms with Crippen LogP contribution in [0.15, 0.2) is 0 Å². The first-order valence-electron chi connectivity index (χ1n) is 24.0. The highest BCUT2D eigenvalue weighted by Crippen LogP contribution is 2.78. The number of piperidine rings is 1. The topological polar surface area (TPSA) is 143 Å². The van der Waals surface area contributed by atoms with Crippen LogP contribution in [-0.2, 0) is 24.0 Å². The number of amides is 4. The Kier molecular flexibility index (Phi) is 13.8. The van der Waals surface area contributed by atoms with Gasteiger partial charge < -0.3 is 20.9 Å². The Balaban J connectivity index is 1.12. The lowest BCUT2D eigenvalue weighted by Crippen LogP contribution is -2.63. The van der Waals surface area contributed by atoms with Gasteiger partial charge in [-0.3, -0.25) is 34.2 Å². The summed E-state index contributed by atoms with van der Waals surface area (Å²) in [4.78, 5) is 77.0. The van der Waals surface area contributed by atoms with Crippen molar-refractivity contribution in [3.8, 4) is 0 Å². The molecule has 9 unspecified atom stereocenters. The molecular formula is C47H79N7O5S. The molecule has 3 saturated heterocycles. The second-order valence-corrected chi connectivity index (χ2v) is 22.9. The van der Waals surface area contributed by atoms with Gasteiger partial charge in [-0.05, 0) is 112 Å². The first kappa shape index (κ1) is 45.8. The largest absolute Gasteiger partial charge is 0.343 e. The molecule has 0 radical (unpaired) electrons. The molecule has 7 rings (SSSR count). The van der Waals surface area contributed by atoms with E-state index < -0.39 is 35.1 Å². The molecule has 9 atom stereocenters. The summed E-state index contributed by atoms with van der Waals surface area (Å²) in [6.07, 6.45) is 15.6. The first-order chi connectivity index (χ1) is 28.4. The number of likely N-dealkylation sites (N-methyl/N-ethyl adjacent to an activating group) is 1. The van der Waals surface area contributed by atoms with E-state index in [1.54, 1.807) is 16.8 Å². The second-order valence-electron chi connectivity index (χ2n) is 21.9. The van der Waals surface area contributed by atoms with Crippen LogP contribution in [0.1, 0.15) is 151 Å². The molecule has 0 aromatic heterocycles. The molecule has 13 heteroatoms. The molecule has 7 aliphatic rings. The third-order valence-corrected chi connectivity index (χ3v) is 17.8. The molecular weight excluding hydrogens is 775 g/mol. The van der Waals surface area contributed by atoms with Gasteiger partial charge in [0.25, 0.3) is 0 Å². The van der Waals surface area contributed by atoms with Gasteiger partial charge in [-0.2, -0.15) is 0 Å². The number of carbonyl (C=O) groups is 5. The van der Waals surface area contributed by atoms with Crippen LogP contribution in [0.5, 0.6) is 0 Å². The third-order valence-electron chi connectivity index (χ3n) is 16.8. The maximum Gasteiger partial charge on any atom is 0.246 e. The van der Waals surface area contributed by atoms with Gasteiger partial charge in [-0.25, -0.2) is 4.31 Å². The van der Waals surface area contributed by atoms with Gasteiger partial charge in [0.15, 0.2) is 5.78 Å². The van der Waals surface area contributed by atoms with Crippen LogP contribution >= 0.6 is 11.9 Å². The van der Waals surface area contributed by atoms with E-state index in [9.17, 15) is 19.2 Å². The van der Waals surface area contributed by atoms with Crippen molar-refractivity contribution in [1.29, 1.82) is 0 Å². The lowest BCUT2D eigenvalue weighted by atomic mass is 9.78. The maximum atomic E-state index is 15.4. The second kappa shape index (κ2) is 18.1. The average Bonchev–Trinajstić information content (AvgIpc) is 3.69. The lowest BCUT2D eigenvalue weighted by molar-refractivity contribution is -0.145. The van der Waals surface area contributed by atoms with Crippen LogP contribution in [0.4, 0.5) is 0 Å². The van der Waals surface area contributed by atoms with E-state index in [1.807, 2.05) is 34.7 Å². The zero-order valence-corrected chi connectivity index (χ0v) is 39.2. The zero-order valence-electron chi connectivity index (χ0n) is 38.3. The number of likely N-dealkylation sites (tertiary alicyclic amines) is 2. The van der Waals surface area contributed by atoms with Crippen molar-refractivity contribution in [2.45, 2.75) is 187 Å². The fourth-order valence-electron chi connectivity index (χ4n) is 12.7. The molecule has 3 heterocycles. The van der Waals surface area contributed by atoms with Crippen LogP contribution in [-0.4, -0.2) is 118 Å². The Morgan fingerprint density at radius 1 is 0.800 bits per heavy atom. The van der Waals surface area contributed by atoms with Gasteiger partial charge in [0.1, 0.15) is 23.7 Å². The van der Waals surface area contributed by atoms with Crippen LogP contribution in [0.25, 0.3) is 0 Å². The van der Waals surface area contributed by atoms with Crippen LogP contribution in [0.3, 0.4) is 0 Å². The Labute approximate surface area is 365 Å². The number of Topliss-reactive ketones (excluding diaryl/α,β-unsaturated/α-hetero) is 1. The van der Waals surface area contributed by atoms with Crippen molar-refractivity contribution in [3.63, 3.8) is 0 Å². The van der Waals surface area contributed by atoms with Crippen LogP contribution < -0.4 is 21.3 Å². The van der Waals surface area contributed by atoms with E-state index in [-0.39, 0.29) is 58.1 Å². The van der Waals surface area contributed by atoms with Crippen molar-refractivity contribution in [2.75, 3.05) is 39.1 Å². The number of nitrogens with zero attached hydrogens (tertiary/aromatic N) is 3. The Hall–Kier alpha value is -2.22. The summed E-state index contributed by atoms with van der Waals surface area (Å²) < 4.78 is 2.35. The molecule has 1 spiro atoms. The van der Waals surface area contributed by atoms with Crippen molar-refractivity contribution >= 4 is 41.4 Å². The molecule has 0 aromatic rings. The van der Waals surface area contributed by atoms with Crippen molar-refractivity contribution in [2.24, 2.45) is 39.9 Å². The predicted molar refractivity (Wildman–Crippen MR) is 237 cm³/mol. The fourth-order valence-corrected chi connectivity index (χ4v) is 13.7. The maximum absolute atomic E-state index is 15.4. The smallest absolute Gasteiger partial charge is 0.246 e. The number of nitrogens with one attached hydrogen (secondary N) is 4. The minimum Gasteiger partial charge on any atom is -0.343 e. The van der Waals surface area contributed by atoms with Gasteiger partial charge in [0.05, 0.1) is 18.0 Å². The highest BCUT2D eigenvalue weighted by molar-refractivity contribution is 7.96. The average molecular weight is 854 g/mol. The Morgan fingerprint density at radius 3 is 2.07 bits per heavy atom. The third kappa shape index (κ3) is 8.95. The Morgan fingerprint density at radius 2 is 1.47 bits per heavy atom. The molecule has 338 valence electrons. The summed E-state index contributed by atoms with van der Waals surface area (Å²) in [6.45, 7) is 18.0. The van der Waals surface area contributed by atoms with E-state index in [2.05, 4.69) is 51.2 Å². The van der Waals surface area contributed by atoms with Crippen molar-refractivity contribution in [1.82, 2.24) is 35.4 Å². The van der Waals surface area contributed by atoms with Gasteiger partial charge in [0, 0.05) is 19.6 Å². The van der Waals surface area contributed by atoms with E-state index >= 15 is 4.79 Å². The van der Waals surface area contributed by atoms with Gasteiger partial charge in [-0.15, -0.1) is 0 Å². The quantitative estimate of drug-likeness (QED) is 0.115. The zero-order chi connectivity index (χ0) is 43.2. The van der Waals surface area contributed by atoms with Gasteiger partial charge in [0.2, 0.25) is 23.6 Å². The summed E-state index contributed by atoms with van der Waals surface area (Å²) in [5, 5.41) is 13.2. The molecule has 60 heavy (non-hydrogen) atoms. The minimum absolute atomic E-state index is 0.00845. The molecule has 4 N–H and O–H groups in total. The minimum atomic E-state index is -0.955. The number of ketones is 1. The lowest BCUT2D eigenvalue weighted by Gasteiger charge is -2.38. The summed E-state index contributed by atoms with van der Waals surface area (Å²) in [5.41, 5.74) is -1.89. The highest BCUT2D eigenvalue weighted by Gasteiger charge is 2.77. The molecule has 0 aromatic carbocycles. The van der Waals surface area contributed by atoms with E-state index in [0.29, 0.717) is 37.1 Å². The molecule has 7 fully saturated rings. The number of hydrogen-bond acceptors (Lipinski definition) is 9. The number of carbonyl (C=O) groups excluding carboxylic acids is 5. The summed E-state index contributed by atoms with van der Waals surface area (Å²) in [6, 6.07) is -3.11. The summed E-state index contributed by atoms with van der Waals surface area (Å²) in [5.74, 6) is 0.780. The molecule has 12 nitrogen and oxygen atoms in total. The molecule has 4 aliphatic carbocycles. The van der Waals surface area contributed by atoms with Gasteiger partial charge in [-0.1, -0.05) is 105 Å². The van der Waals surface area contributed by atoms with Crippen molar-refractivity contribution < 1.29 is 24.0 Å². The standard InChI is InChI=1S/C47H79N7O5S/c1-9-33-26-47(33,39(55)30(2)48-29-60-53-24-15-16-25-53)51-41(57)35-27-46(37(45(46,6)7)32-20-17-21-32)28-54(35)43(59)38(44(3,4)5)50-42(58)36(31-18-11-10-12-19-31)49-40(56)34-22-13-14-23-52(34)8/h30-38,48H,9-29H2,1-8H3,(H,49,56)(H,50,58)(H,51,57). The molecule has 3 aliphatic heterocycles. The first-order valence-corrected chi connectivity index (χ1v) is 25.0. The monoisotopic (exact) mass is 854 g/mol. The number of rotatable bonds is 16. The predicted octanol–water partition coefficient (Wildman–Crippen LogP) is 5.64. The molecule has 4 saturated carbocycles. The Bertz CT molecular complexity index is 1600. The van der Waals surface area contributed by atoms with Gasteiger partial charge >= 0.3 is 0 Å². The van der Waals surface area contributed by atoms with E-state index in [1.165, 1.54) is 32.1 Å². The van der Waals surface area contributed by atoms with E-state index in [0.717, 1.165) is 77.4 Å². The van der Waals surface area contributed by atoms with Crippen LogP contribution in [0.2, 0.25) is 0 Å². The summed E-state index contributed by atoms with van der Waals surface area (Å²) >= 11 is 1.73. The SMILES string of the molecule is CCC1CC1(NC(=O)C1CC2(CN1C(=O)C(NC(=O)C(NC(=O)C1CCCCN1C)C1CCCCC1)C(C)(C)C)C(C1CCC1)C2(C)C)C(=O)C(C)NCSN1CCCC1. The highest BCUT2D eigenvalue weighted by atomic mass is 32.2. The normalized spacial score (nSPS) is 33.8.